The molecule has 1 aliphatic heterocycles. The molecule has 1 aromatic carbocycles. The number of hydrogen-bond acceptors (Lipinski definition) is 4. The van der Waals surface area contributed by atoms with Crippen molar-refractivity contribution < 1.29 is 19.1 Å². The van der Waals surface area contributed by atoms with Gasteiger partial charge in [-0.3, -0.25) is 9.59 Å². The topological polar surface area (TPSA) is 63.7 Å². The summed E-state index contributed by atoms with van der Waals surface area (Å²) in [5.74, 6) is -1.07. The van der Waals surface area contributed by atoms with Crippen molar-refractivity contribution in [2.75, 3.05) is 0 Å². The Morgan fingerprint density at radius 2 is 1.68 bits per heavy atom. The number of carbonyl (C=O) groups excluding carboxylic acids is 3. The minimum atomic E-state index is -0.853. The number of imide groups is 3. The minimum absolute atomic E-state index is 0.0908. The van der Waals surface area contributed by atoms with E-state index < -0.39 is 35.3 Å². The van der Waals surface area contributed by atoms with Gasteiger partial charge in [-0.15, -0.1) is 0 Å². The Morgan fingerprint density at radius 1 is 1.08 bits per heavy atom. The highest BCUT2D eigenvalue weighted by Gasteiger charge is 2.69. The van der Waals surface area contributed by atoms with Crippen molar-refractivity contribution in [2.45, 2.75) is 58.0 Å². The first-order valence-corrected chi connectivity index (χ1v) is 8.90. The fraction of sp³-hybridized carbons (Fsp3) is 0.550. The van der Waals surface area contributed by atoms with E-state index in [1.807, 2.05) is 6.92 Å². The van der Waals surface area contributed by atoms with Gasteiger partial charge < -0.3 is 4.74 Å². The first-order valence-electron chi connectivity index (χ1n) is 8.90. The van der Waals surface area contributed by atoms with Gasteiger partial charge >= 0.3 is 6.09 Å². The third kappa shape index (κ3) is 2.66. The van der Waals surface area contributed by atoms with Crippen LogP contribution >= 0.6 is 0 Å². The van der Waals surface area contributed by atoms with Crippen molar-refractivity contribution in [3.05, 3.63) is 34.9 Å². The maximum absolute atomic E-state index is 12.6. The molecule has 25 heavy (non-hydrogen) atoms. The maximum Gasteiger partial charge on any atom is 0.424 e. The number of likely N-dealkylation sites (tertiary alicyclic amines) is 1. The average molecular weight is 341 g/mol. The van der Waals surface area contributed by atoms with Crippen LogP contribution in [-0.2, 0) is 14.3 Å². The van der Waals surface area contributed by atoms with Gasteiger partial charge in [-0.25, -0.2) is 4.79 Å². The van der Waals surface area contributed by atoms with E-state index in [0.29, 0.717) is 10.8 Å². The molecule has 0 N–H and O–H groups in total. The van der Waals surface area contributed by atoms with Crippen LogP contribution in [0.1, 0.15) is 62.1 Å². The van der Waals surface area contributed by atoms with Crippen LogP contribution in [0.3, 0.4) is 0 Å². The van der Waals surface area contributed by atoms with Crippen LogP contribution in [0.2, 0.25) is 0 Å². The van der Waals surface area contributed by atoms with Crippen LogP contribution in [-0.4, -0.2) is 28.4 Å². The number of ether oxygens (including phenoxy) is 1. The highest BCUT2D eigenvalue weighted by molar-refractivity contribution is 6.19. The van der Waals surface area contributed by atoms with E-state index in [4.69, 9.17) is 4.74 Å². The molecule has 2 atom stereocenters. The summed E-state index contributed by atoms with van der Waals surface area (Å²) in [4.78, 5) is 38.0. The Hall–Kier alpha value is -2.17. The van der Waals surface area contributed by atoms with E-state index >= 15 is 0 Å². The number of fused-ring (bicyclic) bond motifs is 1. The fourth-order valence-electron chi connectivity index (χ4n) is 3.95. The molecule has 1 aromatic rings. The van der Waals surface area contributed by atoms with Gasteiger partial charge in [-0.1, -0.05) is 18.2 Å². The van der Waals surface area contributed by atoms with E-state index in [2.05, 4.69) is 18.2 Å². The summed E-state index contributed by atoms with van der Waals surface area (Å²) in [6.07, 6.45) is 1.64. The van der Waals surface area contributed by atoms with Crippen molar-refractivity contribution >= 4 is 17.9 Å². The molecule has 132 valence electrons. The molecule has 0 radical (unpaired) electrons. The van der Waals surface area contributed by atoms with Gasteiger partial charge in [0, 0.05) is 5.92 Å². The molecule has 5 nitrogen and oxygen atoms in total. The third-order valence-electron chi connectivity index (χ3n) is 5.31. The van der Waals surface area contributed by atoms with Crippen molar-refractivity contribution in [1.29, 1.82) is 0 Å². The number of rotatable bonds is 2. The van der Waals surface area contributed by atoms with Crippen LogP contribution in [0.25, 0.3) is 0 Å². The number of piperidine rings is 1. The lowest BCUT2D eigenvalue weighted by Gasteiger charge is -2.24. The van der Waals surface area contributed by atoms with E-state index in [0.717, 1.165) is 11.1 Å². The van der Waals surface area contributed by atoms with Gasteiger partial charge in [0.05, 0.1) is 11.8 Å². The summed E-state index contributed by atoms with van der Waals surface area (Å²) < 4.78 is 5.19. The molecule has 5 heteroatoms. The normalized spacial score (nSPS) is 28.2. The quantitative estimate of drug-likeness (QED) is 0.772. The van der Waals surface area contributed by atoms with Gasteiger partial charge in [0.25, 0.3) is 0 Å². The maximum atomic E-state index is 12.6. The molecule has 1 saturated heterocycles. The highest BCUT2D eigenvalue weighted by Crippen LogP contribution is 2.60. The van der Waals surface area contributed by atoms with Crippen molar-refractivity contribution in [3.8, 4) is 0 Å². The largest absolute Gasteiger partial charge is 0.443 e. The molecule has 2 aliphatic carbocycles. The molecule has 4 rings (SSSR count). The molecule has 2 unspecified atom stereocenters. The minimum Gasteiger partial charge on any atom is -0.443 e. The summed E-state index contributed by atoms with van der Waals surface area (Å²) in [6, 6.07) is 6.36. The second-order valence-electron chi connectivity index (χ2n) is 8.46. The molecule has 2 saturated carbocycles. The number of hydrogen-bond donors (Lipinski definition) is 0. The lowest BCUT2D eigenvalue weighted by Crippen LogP contribution is -2.42. The lowest BCUT2D eigenvalue weighted by molar-refractivity contribution is -0.140. The van der Waals surface area contributed by atoms with Gasteiger partial charge in [0.1, 0.15) is 5.60 Å². The number of amides is 3. The third-order valence-corrected chi connectivity index (χ3v) is 5.31. The molecular weight excluding hydrogens is 318 g/mol. The standard InChI is InChI=1S/C20H23NO4/c1-10-9-12(11-5-6-11)7-8-13(10)14-15-16(14)18(23)21(17(15)22)19(24)25-20(2,3)4/h7-9,11,14-16H,5-6H2,1-4H3. The number of aryl methyl sites for hydroxylation is 1. The van der Waals surface area contributed by atoms with E-state index in [9.17, 15) is 14.4 Å². The Labute approximate surface area is 147 Å². The Bertz CT molecular complexity index is 765. The average Bonchev–Trinajstić information content (AvgIpc) is 3.38. The van der Waals surface area contributed by atoms with Crippen molar-refractivity contribution in [2.24, 2.45) is 11.8 Å². The Kier molecular flexibility index (Phi) is 3.37. The van der Waals surface area contributed by atoms with Crippen LogP contribution in [0.15, 0.2) is 18.2 Å². The summed E-state index contributed by atoms with van der Waals surface area (Å²) in [5.41, 5.74) is 2.80. The van der Waals surface area contributed by atoms with Crippen LogP contribution in [0.4, 0.5) is 4.79 Å². The zero-order chi connectivity index (χ0) is 18.1. The van der Waals surface area contributed by atoms with Crippen molar-refractivity contribution in [1.82, 2.24) is 4.90 Å². The predicted octanol–water partition coefficient (Wildman–Crippen LogP) is 3.51. The molecular formula is C20H23NO4. The first kappa shape index (κ1) is 16.3. The van der Waals surface area contributed by atoms with E-state index in [-0.39, 0.29) is 5.92 Å². The van der Waals surface area contributed by atoms with Gasteiger partial charge in [0.2, 0.25) is 11.8 Å². The molecule has 0 spiro atoms. The summed E-state index contributed by atoms with van der Waals surface area (Å²) in [7, 11) is 0. The number of benzene rings is 1. The van der Waals surface area contributed by atoms with Crippen molar-refractivity contribution in [3.63, 3.8) is 0 Å². The molecule has 3 amide bonds. The zero-order valence-electron chi connectivity index (χ0n) is 15.0. The van der Waals surface area contributed by atoms with E-state index in [1.165, 1.54) is 18.4 Å². The van der Waals surface area contributed by atoms with Crippen LogP contribution in [0, 0.1) is 18.8 Å². The van der Waals surface area contributed by atoms with Crippen LogP contribution in [0.5, 0.6) is 0 Å². The zero-order valence-corrected chi connectivity index (χ0v) is 15.0. The Morgan fingerprint density at radius 3 is 2.16 bits per heavy atom. The SMILES string of the molecule is Cc1cc(C2CC2)ccc1C1C2C(=O)N(C(=O)OC(C)(C)C)C(=O)C21. The highest BCUT2D eigenvalue weighted by atomic mass is 16.6. The molecule has 0 bridgehead atoms. The summed E-state index contributed by atoms with van der Waals surface area (Å²) in [5, 5.41) is 0. The van der Waals surface area contributed by atoms with E-state index in [1.54, 1.807) is 20.8 Å². The molecule has 3 aliphatic rings. The number of carbonyl (C=O) groups is 3. The number of nitrogens with zero attached hydrogens (tertiary/aromatic N) is 1. The molecule has 3 fully saturated rings. The lowest BCUT2D eigenvalue weighted by atomic mass is 9.97. The monoisotopic (exact) mass is 341 g/mol. The summed E-state index contributed by atoms with van der Waals surface area (Å²) in [6.45, 7) is 7.18. The van der Waals surface area contributed by atoms with Gasteiger partial charge in [-0.2, -0.15) is 4.90 Å². The second-order valence-corrected chi connectivity index (χ2v) is 8.46. The molecule has 0 aromatic heterocycles. The van der Waals surface area contributed by atoms with Gasteiger partial charge in [0.15, 0.2) is 0 Å². The first-order chi connectivity index (χ1) is 11.7. The fourth-order valence-corrected chi connectivity index (χ4v) is 3.95. The smallest absolute Gasteiger partial charge is 0.424 e. The summed E-state index contributed by atoms with van der Waals surface area (Å²) >= 11 is 0. The second kappa shape index (κ2) is 5.16. The van der Waals surface area contributed by atoms with Gasteiger partial charge in [-0.05, 0) is 63.1 Å². The van der Waals surface area contributed by atoms with Crippen LogP contribution < -0.4 is 0 Å². The molecule has 1 heterocycles. The Balaban J connectivity index is 1.52. The predicted molar refractivity (Wildman–Crippen MR) is 91.0 cm³/mol.